The van der Waals surface area contributed by atoms with Crippen LogP contribution in [0.2, 0.25) is 0 Å². The van der Waals surface area contributed by atoms with E-state index in [0.29, 0.717) is 0 Å². The van der Waals surface area contributed by atoms with Crippen molar-refractivity contribution in [3.8, 4) is 0 Å². The summed E-state index contributed by atoms with van der Waals surface area (Å²) in [4.78, 5) is 0. The van der Waals surface area contributed by atoms with E-state index in [0.717, 1.165) is 0 Å². The zero-order chi connectivity index (χ0) is 0. The summed E-state index contributed by atoms with van der Waals surface area (Å²) in [5.74, 6) is 0. The normalized spacial score (nSPS) is 0. The second-order valence-electron chi connectivity index (χ2n) is 0. The van der Waals surface area contributed by atoms with E-state index in [-0.39, 0.29) is 107 Å². The van der Waals surface area contributed by atoms with Gasteiger partial charge in [-0.3, -0.25) is 0 Å². The molecule has 0 aliphatic heterocycles. The third kappa shape index (κ3) is 76.4. The predicted molar refractivity (Wildman–Crippen MR) is 20.1 cm³/mol. The van der Waals surface area contributed by atoms with E-state index in [1.165, 1.54) is 0 Å². The van der Waals surface area contributed by atoms with Crippen LogP contribution in [0.1, 0.15) is 0 Å². The van der Waals surface area contributed by atoms with Crippen molar-refractivity contribution in [2.45, 2.75) is 0 Å². The second-order valence-corrected chi connectivity index (χ2v) is 0. The van der Waals surface area contributed by atoms with Crippen LogP contribution in [0.3, 0.4) is 0 Å². The van der Waals surface area contributed by atoms with E-state index in [1.54, 1.807) is 0 Å². The van der Waals surface area contributed by atoms with Gasteiger partial charge in [-0.15, -0.1) is 0 Å². The third-order valence-corrected chi connectivity index (χ3v) is 0. The molecule has 8 heteroatoms. The number of hydrogen-bond donors (Lipinski definition) is 4. The molecular weight excluding hydrogens is 263 g/mol. The summed E-state index contributed by atoms with van der Waals surface area (Å²) in [6.07, 6.45) is 0. The molecule has 0 saturated heterocycles. The fourth-order valence-electron chi connectivity index (χ4n) is 0. The third-order valence-electron chi connectivity index (χ3n) is 0. The van der Waals surface area contributed by atoms with Crippen molar-refractivity contribution in [1.29, 1.82) is 0 Å². The standard InChI is InChI=1S/Cu.4H3N.3Ti/h;4*1H3;;;. The molecule has 0 bridgehead atoms. The first-order chi connectivity index (χ1) is 0. The summed E-state index contributed by atoms with van der Waals surface area (Å²) in [5, 5.41) is 0. The van der Waals surface area contributed by atoms with Crippen molar-refractivity contribution < 1.29 is 82.2 Å². The molecule has 0 aromatic carbocycles. The molecule has 0 aliphatic carbocycles. The molecule has 0 aromatic heterocycles. The first-order valence-electron chi connectivity index (χ1n) is 0. The van der Waals surface area contributed by atoms with Crippen LogP contribution in [0.25, 0.3) is 0 Å². The molecule has 0 fully saturated rings. The first kappa shape index (κ1) is 151. The van der Waals surface area contributed by atoms with Crippen LogP contribution < -0.4 is 24.6 Å². The smallest absolute Gasteiger partial charge is 0 e. The molecular formula is H12CuN4Ti3. The Morgan fingerprint density at radius 1 is 0.375 bits per heavy atom. The average Bonchev–Trinajstić information content (AvgIpc) is 0. The molecule has 12 N–H and O–H groups in total. The van der Waals surface area contributed by atoms with Gasteiger partial charge in [0.25, 0.3) is 0 Å². The molecule has 0 amide bonds. The SMILES string of the molecule is N.N.N.N.[Cu].[Ti].[Ti].[Ti]. The zero-order valence-corrected chi connectivity index (χ0v) is 10.3. The molecule has 0 atom stereocenters. The molecule has 0 rings (SSSR count). The predicted octanol–water partition coefficient (Wildman–Crippen LogP) is 0.638. The van der Waals surface area contributed by atoms with E-state index < -0.39 is 0 Å². The van der Waals surface area contributed by atoms with Crippen molar-refractivity contribution in [2.75, 3.05) is 0 Å². The Kier molecular flexibility index (Phi) is 2080. The van der Waals surface area contributed by atoms with Crippen LogP contribution in [0, 0.1) is 0 Å². The van der Waals surface area contributed by atoms with Crippen LogP contribution in [0.15, 0.2) is 0 Å². The minimum atomic E-state index is 0. The Labute approximate surface area is 106 Å². The van der Waals surface area contributed by atoms with Crippen molar-refractivity contribution in [1.82, 2.24) is 24.6 Å². The van der Waals surface area contributed by atoms with Gasteiger partial charge in [-0.1, -0.05) is 0 Å². The summed E-state index contributed by atoms with van der Waals surface area (Å²) in [6, 6.07) is 0. The fraction of sp³-hybridized carbons (Fsp3) is 0. The van der Waals surface area contributed by atoms with Gasteiger partial charge in [0.2, 0.25) is 0 Å². The van der Waals surface area contributed by atoms with E-state index >= 15 is 0 Å². The minimum Gasteiger partial charge on any atom is -0.344 e. The Morgan fingerprint density at radius 2 is 0.375 bits per heavy atom. The molecule has 0 aromatic rings. The Balaban J connectivity index is 0. The minimum absolute atomic E-state index is 0. The number of hydrogen-bond acceptors (Lipinski definition) is 4. The topological polar surface area (TPSA) is 140 Å². The van der Waals surface area contributed by atoms with Crippen molar-refractivity contribution in [3.63, 3.8) is 0 Å². The molecule has 0 aliphatic rings. The summed E-state index contributed by atoms with van der Waals surface area (Å²) in [6.45, 7) is 0. The van der Waals surface area contributed by atoms with E-state index in [4.69, 9.17) is 0 Å². The zero-order valence-electron chi connectivity index (χ0n) is 4.63. The van der Waals surface area contributed by atoms with Crippen molar-refractivity contribution in [2.24, 2.45) is 0 Å². The average molecular weight is 275 g/mol. The summed E-state index contributed by atoms with van der Waals surface area (Å²) >= 11 is 0. The molecule has 0 unspecified atom stereocenters. The fourth-order valence-corrected chi connectivity index (χ4v) is 0. The quantitative estimate of drug-likeness (QED) is 0.481. The summed E-state index contributed by atoms with van der Waals surface area (Å²) in [5.41, 5.74) is 0. The first-order valence-corrected chi connectivity index (χ1v) is 0. The van der Waals surface area contributed by atoms with Gasteiger partial charge in [-0.25, -0.2) is 0 Å². The van der Waals surface area contributed by atoms with Gasteiger partial charge < -0.3 is 24.6 Å². The van der Waals surface area contributed by atoms with Crippen molar-refractivity contribution >= 4 is 0 Å². The van der Waals surface area contributed by atoms with Gasteiger partial charge in [0.05, 0.1) is 0 Å². The Bertz CT molecular complexity index is 11.2. The van der Waals surface area contributed by atoms with Crippen molar-refractivity contribution in [3.05, 3.63) is 0 Å². The van der Waals surface area contributed by atoms with E-state index in [1.807, 2.05) is 0 Å². The van der Waals surface area contributed by atoms with Gasteiger partial charge >= 0.3 is 0 Å². The summed E-state index contributed by atoms with van der Waals surface area (Å²) in [7, 11) is 0. The molecule has 1 radical (unpaired) electrons. The van der Waals surface area contributed by atoms with E-state index in [2.05, 4.69) is 0 Å². The molecule has 8 heavy (non-hydrogen) atoms. The number of rotatable bonds is 0. The van der Waals surface area contributed by atoms with Crippen LogP contribution in [0.5, 0.6) is 0 Å². The van der Waals surface area contributed by atoms with Gasteiger partial charge in [0.15, 0.2) is 0 Å². The van der Waals surface area contributed by atoms with Crippen LogP contribution in [0.4, 0.5) is 0 Å². The molecule has 0 heterocycles. The van der Waals surface area contributed by atoms with Gasteiger partial charge in [0, 0.05) is 82.2 Å². The summed E-state index contributed by atoms with van der Waals surface area (Å²) < 4.78 is 0. The maximum atomic E-state index is 0. The van der Waals surface area contributed by atoms with Gasteiger partial charge in [-0.2, -0.15) is 0 Å². The largest absolute Gasteiger partial charge is 0.344 e. The molecule has 55 valence electrons. The maximum absolute atomic E-state index is 0. The van der Waals surface area contributed by atoms with Gasteiger partial charge in [0.1, 0.15) is 0 Å². The molecule has 4 nitrogen and oxygen atoms in total. The van der Waals surface area contributed by atoms with Crippen LogP contribution in [-0.4, -0.2) is 0 Å². The molecule has 0 spiro atoms. The Hall–Kier alpha value is 2.50. The Morgan fingerprint density at radius 3 is 0.375 bits per heavy atom. The molecule has 0 saturated carbocycles. The van der Waals surface area contributed by atoms with Crippen LogP contribution >= 0.6 is 0 Å². The monoisotopic (exact) mass is 275 g/mol. The van der Waals surface area contributed by atoms with Crippen LogP contribution in [-0.2, 0) is 82.2 Å². The van der Waals surface area contributed by atoms with E-state index in [9.17, 15) is 0 Å². The second kappa shape index (κ2) is 110. The maximum Gasteiger partial charge on any atom is 0 e. The van der Waals surface area contributed by atoms with Gasteiger partial charge in [-0.05, 0) is 0 Å².